The zero-order valence-corrected chi connectivity index (χ0v) is 17.8. The van der Waals surface area contributed by atoms with E-state index in [2.05, 4.69) is 10.6 Å². The molecule has 2 aromatic carbocycles. The number of carbonyl (C=O) groups is 2. The molecule has 5 heteroatoms. The van der Waals surface area contributed by atoms with Crippen LogP contribution in [0.1, 0.15) is 59.2 Å². The Labute approximate surface area is 181 Å². The first kappa shape index (κ1) is 18.5. The summed E-state index contributed by atoms with van der Waals surface area (Å²) in [5, 5.41) is 6.23. The van der Waals surface area contributed by atoms with Gasteiger partial charge in [-0.2, -0.15) is 0 Å². The summed E-state index contributed by atoms with van der Waals surface area (Å²) < 4.78 is 0. The SMILES string of the molecule is O=C(NCC12CC3CC(CC(C3)C1)C2)c1ccc2c(c1)NC(=O)c1ccccc1S2. The van der Waals surface area contributed by atoms with Crippen molar-refractivity contribution >= 4 is 29.3 Å². The lowest BCUT2D eigenvalue weighted by Gasteiger charge is -2.56. The molecule has 1 aliphatic heterocycles. The zero-order valence-electron chi connectivity index (χ0n) is 16.9. The number of nitrogens with one attached hydrogen (secondary N) is 2. The van der Waals surface area contributed by atoms with Gasteiger partial charge in [-0.3, -0.25) is 9.59 Å². The van der Waals surface area contributed by atoms with Crippen LogP contribution in [-0.2, 0) is 0 Å². The molecule has 4 saturated carbocycles. The van der Waals surface area contributed by atoms with Crippen molar-refractivity contribution in [1.29, 1.82) is 0 Å². The van der Waals surface area contributed by atoms with Crippen LogP contribution >= 0.6 is 11.8 Å². The molecule has 0 radical (unpaired) electrons. The van der Waals surface area contributed by atoms with Gasteiger partial charge < -0.3 is 10.6 Å². The lowest BCUT2D eigenvalue weighted by Crippen LogP contribution is -2.51. The summed E-state index contributed by atoms with van der Waals surface area (Å²) in [5.74, 6) is 2.50. The summed E-state index contributed by atoms with van der Waals surface area (Å²) in [5.41, 5.74) is 2.32. The first-order valence-electron chi connectivity index (χ1n) is 11.1. The minimum atomic E-state index is -0.122. The molecule has 4 bridgehead atoms. The van der Waals surface area contributed by atoms with Gasteiger partial charge in [-0.15, -0.1) is 0 Å². The number of carbonyl (C=O) groups excluding carboxylic acids is 2. The quantitative estimate of drug-likeness (QED) is 0.706. The minimum Gasteiger partial charge on any atom is -0.351 e. The van der Waals surface area contributed by atoms with Crippen molar-refractivity contribution in [3.05, 3.63) is 53.6 Å². The fourth-order valence-corrected chi connectivity index (χ4v) is 7.80. The van der Waals surface area contributed by atoms with Crippen LogP contribution in [0.2, 0.25) is 0 Å². The molecule has 1 heterocycles. The molecular weight excluding hydrogens is 392 g/mol. The van der Waals surface area contributed by atoms with E-state index in [0.29, 0.717) is 22.2 Å². The van der Waals surface area contributed by atoms with Gasteiger partial charge >= 0.3 is 0 Å². The predicted molar refractivity (Wildman–Crippen MR) is 118 cm³/mol. The predicted octanol–water partition coefficient (Wildman–Crippen LogP) is 5.35. The summed E-state index contributed by atoms with van der Waals surface area (Å²) in [7, 11) is 0. The number of hydrogen-bond acceptors (Lipinski definition) is 3. The molecule has 0 aromatic heterocycles. The summed E-state index contributed by atoms with van der Waals surface area (Å²) in [4.78, 5) is 27.5. The van der Waals surface area contributed by atoms with Crippen molar-refractivity contribution in [2.45, 2.75) is 48.3 Å². The van der Waals surface area contributed by atoms with Crippen LogP contribution in [0.25, 0.3) is 0 Å². The van der Waals surface area contributed by atoms with Gasteiger partial charge in [0, 0.05) is 21.9 Å². The van der Waals surface area contributed by atoms with Gasteiger partial charge in [-0.1, -0.05) is 23.9 Å². The van der Waals surface area contributed by atoms with Gasteiger partial charge in [0.1, 0.15) is 0 Å². The highest BCUT2D eigenvalue weighted by Crippen LogP contribution is 2.59. The van der Waals surface area contributed by atoms with Crippen LogP contribution in [0.3, 0.4) is 0 Å². The average molecular weight is 419 g/mol. The third-order valence-electron chi connectivity index (χ3n) is 7.63. The summed E-state index contributed by atoms with van der Waals surface area (Å²) in [6.45, 7) is 0.791. The van der Waals surface area contributed by atoms with E-state index in [9.17, 15) is 9.59 Å². The second-order valence-corrected chi connectivity index (χ2v) is 10.9. The smallest absolute Gasteiger partial charge is 0.256 e. The maximum absolute atomic E-state index is 13.0. The van der Waals surface area contributed by atoms with E-state index in [-0.39, 0.29) is 11.8 Å². The lowest BCUT2D eigenvalue weighted by molar-refractivity contribution is -0.0503. The van der Waals surface area contributed by atoms with E-state index in [0.717, 1.165) is 34.1 Å². The third kappa shape index (κ3) is 3.15. The molecule has 2 N–H and O–H groups in total. The van der Waals surface area contributed by atoms with Crippen molar-refractivity contribution < 1.29 is 9.59 Å². The standard InChI is InChI=1S/C25H26N2O2S/c28-23(26-14-25-11-15-7-16(12-25)9-17(8-15)13-25)18-5-6-22-20(10-18)27-24(29)19-3-1-2-4-21(19)30-22/h1-6,10,15-17H,7-9,11-14H2,(H,26,28)(H,27,29). The van der Waals surface area contributed by atoms with E-state index < -0.39 is 0 Å². The second kappa shape index (κ2) is 6.88. The average Bonchev–Trinajstić information content (AvgIpc) is 2.86. The van der Waals surface area contributed by atoms with Gasteiger partial charge in [-0.25, -0.2) is 0 Å². The lowest BCUT2D eigenvalue weighted by atomic mass is 9.49. The highest BCUT2D eigenvalue weighted by Gasteiger charge is 2.50. The molecule has 4 fully saturated rings. The maximum Gasteiger partial charge on any atom is 0.256 e. The first-order chi connectivity index (χ1) is 14.6. The molecular formula is C25H26N2O2S. The van der Waals surface area contributed by atoms with Crippen molar-refractivity contribution in [3.8, 4) is 0 Å². The molecule has 7 rings (SSSR count). The molecule has 4 aliphatic carbocycles. The van der Waals surface area contributed by atoms with E-state index in [1.165, 1.54) is 38.5 Å². The van der Waals surface area contributed by atoms with Crippen LogP contribution in [0.5, 0.6) is 0 Å². The van der Waals surface area contributed by atoms with Crippen LogP contribution in [0, 0.1) is 23.2 Å². The molecule has 154 valence electrons. The number of benzene rings is 2. The Hall–Kier alpha value is -2.27. The molecule has 0 atom stereocenters. The second-order valence-electron chi connectivity index (χ2n) is 9.86. The zero-order chi connectivity index (χ0) is 20.3. The summed E-state index contributed by atoms with van der Waals surface area (Å²) in [6, 6.07) is 13.3. The first-order valence-corrected chi connectivity index (χ1v) is 11.9. The highest BCUT2D eigenvalue weighted by molar-refractivity contribution is 7.99. The van der Waals surface area contributed by atoms with Gasteiger partial charge in [-0.05, 0) is 92.0 Å². The Bertz CT molecular complexity index is 1010. The molecule has 5 aliphatic rings. The monoisotopic (exact) mass is 418 g/mol. The molecule has 0 spiro atoms. The number of amides is 2. The summed E-state index contributed by atoms with van der Waals surface area (Å²) in [6.07, 6.45) is 8.10. The third-order valence-corrected chi connectivity index (χ3v) is 8.78. The number of hydrogen-bond donors (Lipinski definition) is 2. The fraction of sp³-hybridized carbons (Fsp3) is 0.440. The van der Waals surface area contributed by atoms with Crippen molar-refractivity contribution in [1.82, 2.24) is 5.32 Å². The van der Waals surface area contributed by atoms with Crippen molar-refractivity contribution in [2.75, 3.05) is 11.9 Å². The minimum absolute atomic E-state index is 0.0328. The van der Waals surface area contributed by atoms with Crippen LogP contribution in [0.15, 0.2) is 52.3 Å². The van der Waals surface area contributed by atoms with Gasteiger partial charge in [0.25, 0.3) is 11.8 Å². The van der Waals surface area contributed by atoms with E-state index in [1.54, 1.807) is 11.8 Å². The Kier molecular flexibility index (Phi) is 4.24. The fourth-order valence-electron chi connectivity index (χ4n) is 6.79. The topological polar surface area (TPSA) is 58.2 Å². The van der Waals surface area contributed by atoms with Crippen molar-refractivity contribution in [3.63, 3.8) is 0 Å². The summed E-state index contributed by atoms with van der Waals surface area (Å²) >= 11 is 1.56. The molecule has 2 aromatic rings. The Morgan fingerprint density at radius 2 is 1.70 bits per heavy atom. The van der Waals surface area contributed by atoms with Crippen LogP contribution in [0.4, 0.5) is 5.69 Å². The number of anilines is 1. The molecule has 0 saturated heterocycles. The number of fused-ring (bicyclic) bond motifs is 2. The largest absolute Gasteiger partial charge is 0.351 e. The van der Waals surface area contributed by atoms with E-state index in [4.69, 9.17) is 0 Å². The Morgan fingerprint density at radius 1 is 1.00 bits per heavy atom. The molecule has 0 unspecified atom stereocenters. The Morgan fingerprint density at radius 3 is 2.43 bits per heavy atom. The normalized spacial score (nSPS) is 30.8. The van der Waals surface area contributed by atoms with Crippen molar-refractivity contribution in [2.24, 2.45) is 23.2 Å². The molecule has 2 amide bonds. The number of rotatable bonds is 3. The van der Waals surface area contributed by atoms with Crippen LogP contribution in [-0.4, -0.2) is 18.4 Å². The van der Waals surface area contributed by atoms with E-state index >= 15 is 0 Å². The van der Waals surface area contributed by atoms with Crippen LogP contribution < -0.4 is 10.6 Å². The maximum atomic E-state index is 13.0. The Balaban J connectivity index is 1.19. The van der Waals surface area contributed by atoms with E-state index in [1.807, 2.05) is 42.5 Å². The highest BCUT2D eigenvalue weighted by atomic mass is 32.2. The van der Waals surface area contributed by atoms with Gasteiger partial charge in [0.05, 0.1) is 11.3 Å². The van der Waals surface area contributed by atoms with Gasteiger partial charge in [0.2, 0.25) is 0 Å². The molecule has 30 heavy (non-hydrogen) atoms. The molecule has 4 nitrogen and oxygen atoms in total. The van der Waals surface area contributed by atoms with Gasteiger partial charge in [0.15, 0.2) is 0 Å².